The molecule has 0 atom stereocenters. The van der Waals surface area contributed by atoms with Gasteiger partial charge in [0, 0.05) is 0 Å². The van der Waals surface area contributed by atoms with Gasteiger partial charge in [0.05, 0.1) is 17.4 Å². The molecule has 0 aromatic heterocycles. The largest absolute Gasteiger partial charge is 0.255 e. The zero-order valence-electron chi connectivity index (χ0n) is 5.29. The van der Waals surface area contributed by atoms with Gasteiger partial charge >= 0.3 is 0 Å². The first-order valence-electron chi connectivity index (χ1n) is 3.53. The van der Waals surface area contributed by atoms with Crippen molar-refractivity contribution >= 4 is 0 Å². The predicted molar refractivity (Wildman–Crippen MR) is 33.7 cm³/mol. The minimum absolute atomic E-state index is 0.507. The number of nitroso groups, excluding NO2 is 1. The fourth-order valence-corrected chi connectivity index (χ4v) is 2.02. The molecule has 0 aliphatic carbocycles. The first kappa shape index (κ1) is 5.21. The molecule has 3 nitrogen and oxygen atoms in total. The molecule has 2 fully saturated rings. The van der Waals surface area contributed by atoms with Gasteiger partial charge in [-0.1, -0.05) is 0 Å². The highest BCUT2D eigenvalue weighted by Gasteiger charge is 2.39. The van der Waals surface area contributed by atoms with Crippen molar-refractivity contribution in [2.45, 2.75) is 37.8 Å². The van der Waals surface area contributed by atoms with Crippen LogP contribution in [0.1, 0.15) is 25.7 Å². The first-order valence-corrected chi connectivity index (χ1v) is 3.53. The molecule has 0 spiro atoms. The summed E-state index contributed by atoms with van der Waals surface area (Å²) in [6, 6.07) is 1.01. The molecule has 0 N–H and O–H groups in total. The standard InChI is InChI=1S/C6H10N2O/c9-7-8-5-1-2-6(8)4-3-5/h5-6H,1-4H2. The van der Waals surface area contributed by atoms with Crippen molar-refractivity contribution in [2.24, 2.45) is 5.29 Å². The second kappa shape index (κ2) is 1.69. The molecule has 2 aliphatic heterocycles. The Bertz CT molecular complexity index is 117. The van der Waals surface area contributed by atoms with E-state index in [0.29, 0.717) is 12.1 Å². The Kier molecular flexibility index (Phi) is 0.976. The van der Waals surface area contributed by atoms with E-state index in [1.165, 1.54) is 25.7 Å². The molecular formula is C6H10N2O. The molecule has 0 aromatic carbocycles. The van der Waals surface area contributed by atoms with Gasteiger partial charge in [0.15, 0.2) is 0 Å². The fraction of sp³-hybridized carbons (Fsp3) is 1.00. The summed E-state index contributed by atoms with van der Waals surface area (Å²) < 4.78 is 0. The first-order chi connectivity index (χ1) is 4.42. The van der Waals surface area contributed by atoms with E-state index < -0.39 is 0 Å². The van der Waals surface area contributed by atoms with Crippen molar-refractivity contribution in [1.82, 2.24) is 5.01 Å². The second-order valence-electron chi connectivity index (χ2n) is 2.92. The Morgan fingerprint density at radius 1 is 1.11 bits per heavy atom. The maximum absolute atomic E-state index is 10.1. The van der Waals surface area contributed by atoms with E-state index in [9.17, 15) is 4.91 Å². The van der Waals surface area contributed by atoms with E-state index in [1.54, 1.807) is 5.01 Å². The van der Waals surface area contributed by atoms with Crippen LogP contribution in [0, 0.1) is 4.91 Å². The van der Waals surface area contributed by atoms with E-state index >= 15 is 0 Å². The van der Waals surface area contributed by atoms with Gasteiger partial charge in [0.1, 0.15) is 0 Å². The molecule has 0 saturated carbocycles. The highest BCUT2D eigenvalue weighted by Crippen LogP contribution is 2.37. The van der Waals surface area contributed by atoms with E-state index in [4.69, 9.17) is 0 Å². The van der Waals surface area contributed by atoms with Crippen LogP contribution in [0.15, 0.2) is 5.29 Å². The van der Waals surface area contributed by atoms with Crippen LogP contribution in [0.5, 0.6) is 0 Å². The average Bonchev–Trinajstić information content (AvgIpc) is 2.44. The predicted octanol–water partition coefficient (Wildman–Crippen LogP) is 1.29. The topological polar surface area (TPSA) is 32.7 Å². The van der Waals surface area contributed by atoms with Crippen molar-refractivity contribution in [2.75, 3.05) is 0 Å². The van der Waals surface area contributed by atoms with Gasteiger partial charge in [-0.15, -0.1) is 4.91 Å². The van der Waals surface area contributed by atoms with Gasteiger partial charge in [0.2, 0.25) is 0 Å². The van der Waals surface area contributed by atoms with Gasteiger partial charge in [-0.3, -0.25) is 5.01 Å². The number of hydrogen-bond donors (Lipinski definition) is 0. The summed E-state index contributed by atoms with van der Waals surface area (Å²) in [5.74, 6) is 0. The molecule has 3 heteroatoms. The highest BCUT2D eigenvalue weighted by molar-refractivity contribution is 4.92. The maximum atomic E-state index is 10.1. The van der Waals surface area contributed by atoms with Crippen LogP contribution in [0.2, 0.25) is 0 Å². The number of hydrogen-bond acceptors (Lipinski definition) is 2. The summed E-state index contributed by atoms with van der Waals surface area (Å²) in [7, 11) is 0. The quantitative estimate of drug-likeness (QED) is 0.496. The molecule has 0 aromatic rings. The third-order valence-electron chi connectivity index (χ3n) is 2.51. The third-order valence-corrected chi connectivity index (χ3v) is 2.51. The Balaban J connectivity index is 2.16. The van der Waals surface area contributed by atoms with Crippen LogP contribution in [-0.2, 0) is 0 Å². The highest BCUT2D eigenvalue weighted by atomic mass is 16.3. The molecule has 2 aliphatic rings. The van der Waals surface area contributed by atoms with Gasteiger partial charge in [0.25, 0.3) is 0 Å². The number of rotatable bonds is 1. The van der Waals surface area contributed by atoms with Crippen molar-refractivity contribution in [3.05, 3.63) is 4.91 Å². The summed E-state index contributed by atoms with van der Waals surface area (Å²) >= 11 is 0. The average molecular weight is 126 g/mol. The Labute approximate surface area is 54.0 Å². The Morgan fingerprint density at radius 2 is 1.56 bits per heavy atom. The molecule has 50 valence electrons. The van der Waals surface area contributed by atoms with Gasteiger partial charge in [-0.25, -0.2) is 0 Å². The van der Waals surface area contributed by atoms with E-state index in [-0.39, 0.29) is 0 Å². The smallest absolute Gasteiger partial charge is 0.0529 e. The minimum atomic E-state index is 0.507. The normalized spacial score (nSPS) is 39.8. The van der Waals surface area contributed by atoms with Gasteiger partial charge in [-0.2, -0.15) is 0 Å². The number of fused-ring (bicyclic) bond motifs is 2. The van der Waals surface area contributed by atoms with Gasteiger partial charge in [-0.05, 0) is 25.7 Å². The summed E-state index contributed by atoms with van der Waals surface area (Å²) in [5, 5.41) is 4.75. The van der Waals surface area contributed by atoms with Gasteiger partial charge < -0.3 is 0 Å². The van der Waals surface area contributed by atoms with Crippen LogP contribution in [0.3, 0.4) is 0 Å². The van der Waals surface area contributed by atoms with Crippen molar-refractivity contribution in [3.8, 4) is 0 Å². The molecule has 2 rings (SSSR count). The summed E-state index contributed by atoms with van der Waals surface area (Å²) in [6.45, 7) is 0. The van der Waals surface area contributed by atoms with Crippen LogP contribution < -0.4 is 0 Å². The van der Waals surface area contributed by atoms with Crippen LogP contribution >= 0.6 is 0 Å². The SMILES string of the molecule is O=NN1C2CCC1CC2. The second-order valence-corrected chi connectivity index (χ2v) is 2.92. The maximum Gasteiger partial charge on any atom is 0.0529 e. The summed E-state index contributed by atoms with van der Waals surface area (Å²) in [6.07, 6.45) is 4.76. The van der Waals surface area contributed by atoms with Crippen LogP contribution in [0.25, 0.3) is 0 Å². The summed E-state index contributed by atoms with van der Waals surface area (Å²) in [5.41, 5.74) is 0. The van der Waals surface area contributed by atoms with Crippen molar-refractivity contribution in [3.63, 3.8) is 0 Å². The fourth-order valence-electron chi connectivity index (χ4n) is 2.02. The van der Waals surface area contributed by atoms with Crippen LogP contribution in [0.4, 0.5) is 0 Å². The lowest BCUT2D eigenvalue weighted by atomic mass is 10.0. The van der Waals surface area contributed by atoms with E-state index in [2.05, 4.69) is 5.29 Å². The lowest BCUT2D eigenvalue weighted by Gasteiger charge is -2.11. The molecule has 2 heterocycles. The summed E-state index contributed by atoms with van der Waals surface area (Å²) in [4.78, 5) is 10.1. The molecule has 9 heavy (non-hydrogen) atoms. The minimum Gasteiger partial charge on any atom is -0.255 e. The Hall–Kier alpha value is -0.600. The molecule has 2 bridgehead atoms. The third kappa shape index (κ3) is 0.573. The van der Waals surface area contributed by atoms with Crippen molar-refractivity contribution < 1.29 is 0 Å². The van der Waals surface area contributed by atoms with Crippen molar-refractivity contribution in [1.29, 1.82) is 0 Å². The molecule has 0 radical (unpaired) electrons. The lowest BCUT2D eigenvalue weighted by molar-refractivity contribution is 0.262. The Morgan fingerprint density at radius 3 is 1.78 bits per heavy atom. The zero-order valence-corrected chi connectivity index (χ0v) is 5.29. The van der Waals surface area contributed by atoms with E-state index in [0.717, 1.165) is 0 Å². The molecular weight excluding hydrogens is 116 g/mol. The van der Waals surface area contributed by atoms with E-state index in [1.807, 2.05) is 0 Å². The lowest BCUT2D eigenvalue weighted by Crippen LogP contribution is -2.20. The zero-order chi connectivity index (χ0) is 6.27. The van der Waals surface area contributed by atoms with Crippen LogP contribution in [-0.4, -0.2) is 17.1 Å². The molecule has 0 unspecified atom stereocenters. The molecule has 0 amide bonds. The number of nitrogens with zero attached hydrogens (tertiary/aromatic N) is 2. The molecule has 2 saturated heterocycles. The monoisotopic (exact) mass is 126 g/mol.